The second-order valence-corrected chi connectivity index (χ2v) is 9.21. The molecule has 1 N–H and O–H groups in total. The zero-order valence-electron chi connectivity index (χ0n) is 13.4. The molecule has 4 aliphatic rings. The fraction of sp³-hybridized carbons (Fsp3) is 0.667. The quantitative estimate of drug-likeness (QED) is 0.874. The number of nitrogens with zero attached hydrogens (tertiary/aromatic N) is 2. The highest BCUT2D eigenvalue weighted by Crippen LogP contribution is 2.56. The molecule has 0 spiro atoms. The van der Waals surface area contributed by atoms with Gasteiger partial charge in [-0.2, -0.15) is 0 Å². The standard InChI is InChI=1S/C18H23N3S/c1-10-11(2)22-17-15(10)16(19-9-20-17)21-18-6-12-3-13(7-18)5-14(4-12)8-18/h9,12-14H,3-8H2,1-2H3,(H,19,20,21). The Labute approximate surface area is 135 Å². The largest absolute Gasteiger partial charge is 0.364 e. The molecule has 0 aromatic carbocycles. The van der Waals surface area contributed by atoms with Gasteiger partial charge in [0.15, 0.2) is 0 Å². The molecule has 0 amide bonds. The predicted molar refractivity (Wildman–Crippen MR) is 91.4 cm³/mol. The van der Waals surface area contributed by atoms with E-state index in [4.69, 9.17) is 0 Å². The van der Waals surface area contributed by atoms with Gasteiger partial charge in [-0.1, -0.05) is 0 Å². The molecule has 4 heteroatoms. The van der Waals surface area contributed by atoms with E-state index in [2.05, 4.69) is 29.1 Å². The summed E-state index contributed by atoms with van der Waals surface area (Å²) >= 11 is 1.79. The molecule has 6 rings (SSSR count). The molecular weight excluding hydrogens is 290 g/mol. The van der Waals surface area contributed by atoms with Crippen LogP contribution in [0.15, 0.2) is 6.33 Å². The van der Waals surface area contributed by atoms with Crippen LogP contribution in [0.2, 0.25) is 0 Å². The SMILES string of the molecule is Cc1sc2ncnc(NC34CC5CC(CC(C5)C3)C4)c2c1C. The predicted octanol–water partition coefficient (Wildman–Crippen LogP) is 4.69. The summed E-state index contributed by atoms with van der Waals surface area (Å²) in [6.45, 7) is 4.40. The van der Waals surface area contributed by atoms with Crippen LogP contribution in [0.3, 0.4) is 0 Å². The van der Waals surface area contributed by atoms with Crippen molar-refractivity contribution in [2.75, 3.05) is 5.32 Å². The van der Waals surface area contributed by atoms with Crippen molar-refractivity contribution in [3.05, 3.63) is 16.8 Å². The number of anilines is 1. The highest BCUT2D eigenvalue weighted by Gasteiger charge is 2.51. The number of aryl methyl sites for hydroxylation is 2. The lowest BCUT2D eigenvalue weighted by molar-refractivity contribution is 0.0106. The van der Waals surface area contributed by atoms with Crippen LogP contribution in [0.5, 0.6) is 0 Å². The topological polar surface area (TPSA) is 37.8 Å². The first-order valence-corrected chi connectivity index (χ1v) is 9.42. The number of hydrogen-bond acceptors (Lipinski definition) is 4. The van der Waals surface area contributed by atoms with Crippen molar-refractivity contribution in [2.24, 2.45) is 17.8 Å². The number of rotatable bonds is 2. The maximum absolute atomic E-state index is 4.64. The fourth-order valence-corrected chi connectivity index (χ4v) is 6.79. The van der Waals surface area contributed by atoms with Crippen molar-refractivity contribution >= 4 is 27.4 Å². The normalized spacial score (nSPS) is 36.2. The van der Waals surface area contributed by atoms with Crippen molar-refractivity contribution in [3.8, 4) is 0 Å². The van der Waals surface area contributed by atoms with Crippen LogP contribution < -0.4 is 5.32 Å². The Hall–Kier alpha value is -1.16. The van der Waals surface area contributed by atoms with E-state index in [9.17, 15) is 0 Å². The lowest BCUT2D eigenvalue weighted by Crippen LogP contribution is -2.54. The molecular formula is C18H23N3S. The van der Waals surface area contributed by atoms with E-state index < -0.39 is 0 Å². The molecule has 116 valence electrons. The summed E-state index contributed by atoms with van der Waals surface area (Å²) in [6, 6.07) is 0. The van der Waals surface area contributed by atoms with Crippen molar-refractivity contribution < 1.29 is 0 Å². The Balaban J connectivity index is 1.56. The zero-order chi connectivity index (χ0) is 14.9. The summed E-state index contributed by atoms with van der Waals surface area (Å²) in [5.74, 6) is 3.97. The van der Waals surface area contributed by atoms with Gasteiger partial charge in [-0.3, -0.25) is 0 Å². The Morgan fingerprint density at radius 3 is 2.32 bits per heavy atom. The van der Waals surface area contributed by atoms with Crippen LogP contribution in [0, 0.1) is 31.6 Å². The van der Waals surface area contributed by atoms with Crippen LogP contribution in [0.25, 0.3) is 10.2 Å². The van der Waals surface area contributed by atoms with Gasteiger partial charge in [-0.25, -0.2) is 9.97 Å². The molecule has 4 fully saturated rings. The van der Waals surface area contributed by atoms with Crippen molar-refractivity contribution in [3.63, 3.8) is 0 Å². The summed E-state index contributed by atoms with van der Waals surface area (Å²) in [4.78, 5) is 11.6. The van der Waals surface area contributed by atoms with E-state index in [0.29, 0.717) is 5.54 Å². The van der Waals surface area contributed by atoms with Gasteiger partial charge in [0.2, 0.25) is 0 Å². The number of nitrogens with one attached hydrogen (secondary N) is 1. The average Bonchev–Trinajstić information content (AvgIpc) is 2.73. The molecule has 0 radical (unpaired) electrons. The molecule has 2 heterocycles. The second kappa shape index (κ2) is 4.44. The monoisotopic (exact) mass is 313 g/mol. The van der Waals surface area contributed by atoms with Gasteiger partial charge in [0.05, 0.1) is 5.39 Å². The maximum Gasteiger partial charge on any atom is 0.138 e. The minimum Gasteiger partial charge on any atom is -0.364 e. The Kier molecular flexibility index (Phi) is 2.68. The van der Waals surface area contributed by atoms with E-state index in [-0.39, 0.29) is 0 Å². The molecule has 2 aromatic rings. The summed E-state index contributed by atoms with van der Waals surface area (Å²) in [7, 11) is 0. The molecule has 0 aliphatic heterocycles. The summed E-state index contributed by atoms with van der Waals surface area (Å²) in [5, 5.41) is 5.20. The third-order valence-electron chi connectivity index (χ3n) is 6.39. The Bertz CT molecular complexity index is 713. The zero-order valence-corrected chi connectivity index (χ0v) is 14.2. The Morgan fingerprint density at radius 2 is 1.68 bits per heavy atom. The highest BCUT2D eigenvalue weighted by atomic mass is 32.1. The first kappa shape index (κ1) is 13.3. The first-order valence-electron chi connectivity index (χ1n) is 8.61. The van der Waals surface area contributed by atoms with E-state index >= 15 is 0 Å². The molecule has 4 saturated carbocycles. The van der Waals surface area contributed by atoms with Gasteiger partial charge < -0.3 is 5.32 Å². The summed E-state index contributed by atoms with van der Waals surface area (Å²) in [5.41, 5.74) is 1.67. The lowest BCUT2D eigenvalue weighted by atomic mass is 9.53. The van der Waals surface area contributed by atoms with Crippen molar-refractivity contribution in [2.45, 2.75) is 57.9 Å². The minimum absolute atomic E-state index is 0.318. The third-order valence-corrected chi connectivity index (χ3v) is 7.50. The van der Waals surface area contributed by atoms with Crippen molar-refractivity contribution in [1.82, 2.24) is 9.97 Å². The number of fused-ring (bicyclic) bond motifs is 1. The molecule has 22 heavy (non-hydrogen) atoms. The van der Waals surface area contributed by atoms with Crippen LogP contribution in [-0.2, 0) is 0 Å². The van der Waals surface area contributed by atoms with Crippen molar-refractivity contribution in [1.29, 1.82) is 0 Å². The molecule has 3 nitrogen and oxygen atoms in total. The van der Waals surface area contributed by atoms with E-state index in [0.717, 1.165) is 28.4 Å². The Morgan fingerprint density at radius 1 is 1.05 bits per heavy atom. The first-order chi connectivity index (χ1) is 10.6. The number of aromatic nitrogens is 2. The fourth-order valence-electron chi connectivity index (χ4n) is 5.79. The summed E-state index contributed by atoms with van der Waals surface area (Å²) in [6.07, 6.45) is 10.2. The molecule has 2 aromatic heterocycles. The van der Waals surface area contributed by atoms with Gasteiger partial charge in [-0.15, -0.1) is 11.3 Å². The molecule has 0 atom stereocenters. The summed E-state index contributed by atoms with van der Waals surface area (Å²) < 4.78 is 0. The van der Waals surface area contributed by atoms with E-state index in [1.165, 1.54) is 54.4 Å². The number of hydrogen-bond donors (Lipinski definition) is 1. The second-order valence-electron chi connectivity index (χ2n) is 8.01. The number of thiophene rings is 1. The average molecular weight is 313 g/mol. The molecule has 4 bridgehead atoms. The van der Waals surface area contributed by atoms with Gasteiger partial charge in [0.1, 0.15) is 17.0 Å². The van der Waals surface area contributed by atoms with Gasteiger partial charge in [0.25, 0.3) is 0 Å². The van der Waals surface area contributed by atoms with Crippen LogP contribution in [0.1, 0.15) is 49.0 Å². The van der Waals surface area contributed by atoms with Gasteiger partial charge in [0, 0.05) is 10.4 Å². The maximum atomic E-state index is 4.64. The van der Waals surface area contributed by atoms with E-state index in [1.807, 2.05) is 0 Å². The minimum atomic E-state index is 0.318. The third kappa shape index (κ3) is 1.86. The van der Waals surface area contributed by atoms with Crippen LogP contribution in [-0.4, -0.2) is 15.5 Å². The lowest BCUT2D eigenvalue weighted by Gasteiger charge is -2.57. The van der Waals surface area contributed by atoms with Crippen LogP contribution in [0.4, 0.5) is 5.82 Å². The van der Waals surface area contributed by atoms with Gasteiger partial charge in [-0.05, 0) is 75.7 Å². The molecule has 0 saturated heterocycles. The van der Waals surface area contributed by atoms with Gasteiger partial charge >= 0.3 is 0 Å². The molecule has 4 aliphatic carbocycles. The van der Waals surface area contributed by atoms with Crippen LogP contribution >= 0.6 is 11.3 Å². The smallest absolute Gasteiger partial charge is 0.138 e. The molecule has 0 unspecified atom stereocenters. The van der Waals surface area contributed by atoms with E-state index in [1.54, 1.807) is 17.7 Å². The highest BCUT2D eigenvalue weighted by molar-refractivity contribution is 7.18.